The van der Waals surface area contributed by atoms with Gasteiger partial charge in [0.25, 0.3) is 0 Å². The van der Waals surface area contributed by atoms with Crippen LogP contribution < -0.4 is 5.73 Å². The molecule has 1 aromatic rings. The van der Waals surface area contributed by atoms with Gasteiger partial charge in [-0.2, -0.15) is 0 Å². The predicted octanol–water partition coefficient (Wildman–Crippen LogP) is 2.27. The van der Waals surface area contributed by atoms with E-state index in [4.69, 9.17) is 5.73 Å². The molecule has 1 aliphatic rings. The molecule has 0 bridgehead atoms. The molecule has 0 unspecified atom stereocenters. The second-order valence-electron chi connectivity index (χ2n) is 5.71. The van der Waals surface area contributed by atoms with E-state index in [-0.39, 0.29) is 18.0 Å². The zero-order valence-electron chi connectivity index (χ0n) is 11.9. The van der Waals surface area contributed by atoms with Gasteiger partial charge in [-0.3, -0.25) is 4.79 Å². The molecule has 0 radical (unpaired) electrons. The number of aryl methyl sites for hydroxylation is 2. The minimum absolute atomic E-state index is 0.260. The van der Waals surface area contributed by atoms with Crippen LogP contribution in [0.5, 0.6) is 0 Å². The predicted molar refractivity (Wildman–Crippen MR) is 77.9 cm³/mol. The maximum atomic E-state index is 12.3. The van der Waals surface area contributed by atoms with Gasteiger partial charge in [-0.25, -0.2) is 0 Å². The number of amides is 1. The summed E-state index contributed by atoms with van der Waals surface area (Å²) in [5.74, 6) is 0.265. The summed E-state index contributed by atoms with van der Waals surface area (Å²) >= 11 is 0. The lowest BCUT2D eigenvalue weighted by molar-refractivity contribution is -0.134. The fourth-order valence-corrected chi connectivity index (χ4v) is 2.84. The standard InChI is InChI=1S/C16H24N2O/c1-12-4-3-5-14(10-12)6-7-16(19)18-9-8-15(17)11-13(18)2/h3-5,10,13,15H,6-9,11,17H2,1-2H3/t13-,15-/m1/s1. The molecule has 2 atom stereocenters. The number of nitrogens with zero attached hydrogens (tertiary/aromatic N) is 1. The van der Waals surface area contributed by atoms with Crippen molar-refractivity contribution in [1.82, 2.24) is 4.90 Å². The molecule has 1 saturated heterocycles. The van der Waals surface area contributed by atoms with Crippen LogP contribution in [0.2, 0.25) is 0 Å². The largest absolute Gasteiger partial charge is 0.340 e. The molecule has 1 aromatic carbocycles. The number of hydrogen-bond acceptors (Lipinski definition) is 2. The van der Waals surface area contributed by atoms with Gasteiger partial charge in [0.2, 0.25) is 5.91 Å². The lowest BCUT2D eigenvalue weighted by Crippen LogP contribution is -2.48. The third-order valence-corrected chi connectivity index (χ3v) is 3.95. The Balaban J connectivity index is 1.87. The highest BCUT2D eigenvalue weighted by Crippen LogP contribution is 2.17. The SMILES string of the molecule is Cc1cccc(CCC(=O)N2CC[C@@H](N)C[C@H]2C)c1. The van der Waals surface area contributed by atoms with E-state index >= 15 is 0 Å². The van der Waals surface area contributed by atoms with Crippen molar-refractivity contribution in [1.29, 1.82) is 0 Å². The van der Waals surface area contributed by atoms with Crippen LogP contribution in [0.3, 0.4) is 0 Å². The molecule has 1 fully saturated rings. The molecule has 104 valence electrons. The van der Waals surface area contributed by atoms with Crippen LogP contribution in [-0.2, 0) is 11.2 Å². The van der Waals surface area contributed by atoms with E-state index in [1.807, 2.05) is 4.90 Å². The number of carbonyl (C=O) groups excluding carboxylic acids is 1. The Morgan fingerprint density at radius 3 is 2.95 bits per heavy atom. The van der Waals surface area contributed by atoms with Crippen molar-refractivity contribution in [2.45, 2.75) is 51.6 Å². The quantitative estimate of drug-likeness (QED) is 0.906. The smallest absolute Gasteiger partial charge is 0.223 e. The molecular weight excluding hydrogens is 236 g/mol. The Morgan fingerprint density at radius 2 is 2.26 bits per heavy atom. The van der Waals surface area contributed by atoms with E-state index in [1.165, 1.54) is 11.1 Å². The van der Waals surface area contributed by atoms with Crippen LogP contribution in [0.4, 0.5) is 0 Å². The maximum Gasteiger partial charge on any atom is 0.223 e. The summed E-state index contributed by atoms with van der Waals surface area (Å²) in [6.07, 6.45) is 3.29. The van der Waals surface area contributed by atoms with Crippen LogP contribution >= 0.6 is 0 Å². The summed E-state index contributed by atoms with van der Waals surface area (Å²) in [6, 6.07) is 8.93. The summed E-state index contributed by atoms with van der Waals surface area (Å²) in [6.45, 7) is 5.00. The first-order valence-electron chi connectivity index (χ1n) is 7.17. The van der Waals surface area contributed by atoms with Crippen LogP contribution in [0.25, 0.3) is 0 Å². The van der Waals surface area contributed by atoms with Gasteiger partial charge >= 0.3 is 0 Å². The zero-order chi connectivity index (χ0) is 13.8. The van der Waals surface area contributed by atoms with Crippen LogP contribution in [0.1, 0.15) is 37.3 Å². The molecule has 0 saturated carbocycles. The van der Waals surface area contributed by atoms with E-state index in [0.717, 1.165) is 25.8 Å². The van der Waals surface area contributed by atoms with Gasteiger partial charge in [0, 0.05) is 25.0 Å². The lowest BCUT2D eigenvalue weighted by atomic mass is 9.98. The number of carbonyl (C=O) groups is 1. The molecule has 3 heteroatoms. The number of benzene rings is 1. The normalized spacial score (nSPS) is 23.4. The Morgan fingerprint density at radius 1 is 1.47 bits per heavy atom. The number of hydrogen-bond donors (Lipinski definition) is 1. The topological polar surface area (TPSA) is 46.3 Å². The fraction of sp³-hybridized carbons (Fsp3) is 0.562. The van der Waals surface area contributed by atoms with E-state index in [1.54, 1.807) is 0 Å². The number of nitrogens with two attached hydrogens (primary N) is 1. The minimum atomic E-state index is 0.260. The minimum Gasteiger partial charge on any atom is -0.340 e. The fourth-order valence-electron chi connectivity index (χ4n) is 2.84. The Hall–Kier alpha value is -1.35. The van der Waals surface area contributed by atoms with Crippen molar-refractivity contribution in [3.8, 4) is 0 Å². The molecule has 2 rings (SSSR count). The summed E-state index contributed by atoms with van der Waals surface area (Å²) < 4.78 is 0. The first-order chi connectivity index (χ1) is 9.06. The van der Waals surface area contributed by atoms with E-state index < -0.39 is 0 Å². The van der Waals surface area contributed by atoms with Gasteiger partial charge in [-0.1, -0.05) is 29.8 Å². The third-order valence-electron chi connectivity index (χ3n) is 3.95. The molecule has 0 aliphatic carbocycles. The average Bonchev–Trinajstić information content (AvgIpc) is 2.36. The zero-order valence-corrected chi connectivity index (χ0v) is 11.9. The summed E-state index contributed by atoms with van der Waals surface area (Å²) in [4.78, 5) is 14.3. The Bertz CT molecular complexity index is 444. The van der Waals surface area contributed by atoms with Gasteiger partial charge < -0.3 is 10.6 Å². The second kappa shape index (κ2) is 6.20. The van der Waals surface area contributed by atoms with E-state index in [0.29, 0.717) is 6.42 Å². The second-order valence-corrected chi connectivity index (χ2v) is 5.71. The molecule has 1 amide bonds. The van der Waals surface area contributed by atoms with Gasteiger partial charge in [-0.05, 0) is 38.7 Å². The molecular formula is C16H24N2O. The first-order valence-corrected chi connectivity index (χ1v) is 7.17. The Labute approximate surface area is 115 Å². The van der Waals surface area contributed by atoms with Gasteiger partial charge in [-0.15, -0.1) is 0 Å². The highest BCUT2D eigenvalue weighted by Gasteiger charge is 2.26. The highest BCUT2D eigenvalue weighted by molar-refractivity contribution is 5.76. The summed E-state index contributed by atoms with van der Waals surface area (Å²) in [5, 5.41) is 0. The number of piperidine rings is 1. The molecule has 3 nitrogen and oxygen atoms in total. The summed E-state index contributed by atoms with van der Waals surface area (Å²) in [5.41, 5.74) is 8.43. The molecule has 19 heavy (non-hydrogen) atoms. The van der Waals surface area contributed by atoms with Crippen LogP contribution in [-0.4, -0.2) is 29.4 Å². The van der Waals surface area contributed by atoms with Crippen LogP contribution in [0, 0.1) is 6.92 Å². The molecule has 1 heterocycles. The van der Waals surface area contributed by atoms with Crippen molar-refractivity contribution in [2.75, 3.05) is 6.54 Å². The maximum absolute atomic E-state index is 12.3. The highest BCUT2D eigenvalue weighted by atomic mass is 16.2. The van der Waals surface area contributed by atoms with Gasteiger partial charge in [0.1, 0.15) is 0 Å². The van der Waals surface area contributed by atoms with Gasteiger partial charge in [0.05, 0.1) is 0 Å². The van der Waals surface area contributed by atoms with Crippen molar-refractivity contribution >= 4 is 5.91 Å². The Kier molecular flexibility index (Phi) is 4.59. The molecule has 2 N–H and O–H groups in total. The third kappa shape index (κ3) is 3.80. The summed E-state index contributed by atoms with van der Waals surface area (Å²) in [7, 11) is 0. The van der Waals surface area contributed by atoms with Crippen molar-refractivity contribution < 1.29 is 4.79 Å². The van der Waals surface area contributed by atoms with Crippen LogP contribution in [0.15, 0.2) is 24.3 Å². The van der Waals surface area contributed by atoms with Gasteiger partial charge in [0.15, 0.2) is 0 Å². The van der Waals surface area contributed by atoms with Crippen molar-refractivity contribution in [3.63, 3.8) is 0 Å². The molecule has 1 aliphatic heterocycles. The molecule has 0 aromatic heterocycles. The number of likely N-dealkylation sites (tertiary alicyclic amines) is 1. The average molecular weight is 260 g/mol. The van der Waals surface area contributed by atoms with Crippen molar-refractivity contribution in [2.24, 2.45) is 5.73 Å². The molecule has 0 spiro atoms. The lowest BCUT2D eigenvalue weighted by Gasteiger charge is -2.36. The van der Waals surface area contributed by atoms with E-state index in [9.17, 15) is 4.79 Å². The number of rotatable bonds is 3. The monoisotopic (exact) mass is 260 g/mol. The van der Waals surface area contributed by atoms with E-state index in [2.05, 4.69) is 38.1 Å². The first kappa shape index (κ1) is 14.1. The van der Waals surface area contributed by atoms with Crippen molar-refractivity contribution in [3.05, 3.63) is 35.4 Å².